The summed E-state index contributed by atoms with van der Waals surface area (Å²) in [4.78, 5) is 42.2. The Balaban J connectivity index is 1.31. The number of carbonyl (C=O) groups is 3. The molecule has 9 nitrogen and oxygen atoms in total. The quantitative estimate of drug-likeness (QED) is 0.241. The number of esters is 1. The van der Waals surface area contributed by atoms with Gasteiger partial charge in [-0.3, -0.25) is 9.59 Å². The average Bonchev–Trinajstić information content (AvgIpc) is 3.69. The summed E-state index contributed by atoms with van der Waals surface area (Å²) < 4.78 is 29.7. The van der Waals surface area contributed by atoms with E-state index in [1.165, 1.54) is 0 Å². The zero-order valence-corrected chi connectivity index (χ0v) is 26.1. The van der Waals surface area contributed by atoms with Crippen molar-refractivity contribution in [3.8, 4) is 0 Å². The topological polar surface area (TPSA) is 124 Å². The lowest BCUT2D eigenvalue weighted by Gasteiger charge is -2.37. The maximum absolute atomic E-state index is 14.1. The zero-order valence-electron chi connectivity index (χ0n) is 26.1. The van der Waals surface area contributed by atoms with Crippen LogP contribution in [0.5, 0.6) is 0 Å². The molecule has 3 N–H and O–H groups in total. The molecule has 5 rings (SSSR count). The first-order valence-electron chi connectivity index (χ1n) is 16.5. The number of likely N-dealkylation sites (tertiary alicyclic amines) is 1. The number of unbranched alkanes of at least 4 members (excludes halogenated alkanes) is 1. The molecule has 10 heteroatoms. The maximum atomic E-state index is 14.1. The van der Waals surface area contributed by atoms with Gasteiger partial charge in [0.2, 0.25) is 17.6 Å². The second-order valence-corrected chi connectivity index (χ2v) is 13.0. The summed E-state index contributed by atoms with van der Waals surface area (Å²) in [5.41, 5.74) is 7.07. The Morgan fingerprint density at radius 2 is 1.82 bits per heavy atom. The monoisotopic (exact) mass is 613 g/mol. The summed E-state index contributed by atoms with van der Waals surface area (Å²) in [6.07, 6.45) is 9.41. The van der Waals surface area contributed by atoms with Crippen molar-refractivity contribution in [2.75, 3.05) is 32.3 Å². The number of methoxy groups -OCH3 is 1. The lowest BCUT2D eigenvalue weighted by Crippen LogP contribution is -2.50. The summed E-state index contributed by atoms with van der Waals surface area (Å²) in [5, 5.41) is 3.77. The summed E-state index contributed by atoms with van der Waals surface area (Å²) in [7, 11) is 1.75. The molecule has 3 aliphatic rings. The first-order chi connectivity index (χ1) is 21.3. The highest BCUT2D eigenvalue weighted by Gasteiger charge is 2.47. The number of nitrogens with one attached hydrogen (secondary N) is 1. The molecule has 1 aliphatic heterocycles. The number of halogens is 1. The van der Waals surface area contributed by atoms with Crippen molar-refractivity contribution < 1.29 is 32.7 Å². The van der Waals surface area contributed by atoms with Crippen LogP contribution in [-0.4, -0.2) is 67.8 Å². The van der Waals surface area contributed by atoms with E-state index < -0.39 is 24.7 Å². The van der Waals surface area contributed by atoms with Crippen LogP contribution in [0.2, 0.25) is 0 Å². The van der Waals surface area contributed by atoms with Crippen molar-refractivity contribution >= 4 is 34.4 Å². The van der Waals surface area contributed by atoms with Crippen LogP contribution in [0, 0.1) is 23.7 Å². The fraction of sp³-hybridized carbons (Fsp3) is 0.676. The molecule has 0 radical (unpaired) electrons. The highest BCUT2D eigenvalue weighted by atomic mass is 19.1. The van der Waals surface area contributed by atoms with E-state index in [2.05, 4.69) is 5.32 Å². The van der Waals surface area contributed by atoms with E-state index in [1.54, 1.807) is 31.4 Å². The second kappa shape index (κ2) is 14.9. The number of hydrogen-bond acceptors (Lipinski definition) is 7. The minimum Gasteiger partial charge on any atom is -0.460 e. The first kappa shape index (κ1) is 32.4. The number of ether oxygens (including phenoxy) is 2. The average molecular weight is 614 g/mol. The van der Waals surface area contributed by atoms with Crippen LogP contribution in [0.4, 0.5) is 10.1 Å². The molecule has 44 heavy (non-hydrogen) atoms. The molecule has 2 saturated carbocycles. The lowest BCUT2D eigenvalue weighted by atomic mass is 9.75. The van der Waals surface area contributed by atoms with Crippen molar-refractivity contribution in [1.82, 2.24) is 4.90 Å². The van der Waals surface area contributed by atoms with Gasteiger partial charge in [0, 0.05) is 36.7 Å². The third-order valence-corrected chi connectivity index (χ3v) is 10.3. The Labute approximate surface area is 259 Å². The summed E-state index contributed by atoms with van der Waals surface area (Å²) in [5.74, 6) is -0.211. The number of carbonyl (C=O) groups excluding carboxylic acids is 3. The second-order valence-electron chi connectivity index (χ2n) is 13.0. The minimum atomic E-state index is -0.568. The van der Waals surface area contributed by atoms with Crippen LogP contribution in [-0.2, 0) is 19.1 Å². The van der Waals surface area contributed by atoms with Crippen molar-refractivity contribution in [1.29, 1.82) is 0 Å². The van der Waals surface area contributed by atoms with E-state index in [0.717, 1.165) is 57.8 Å². The molecular weight excluding hydrogens is 565 g/mol. The molecule has 0 unspecified atom stereocenters. The number of furan rings is 1. The molecule has 3 fully saturated rings. The SMILES string of the molecule is CCCCOC(=O)c1cc2cc(NC(=O)[C@@H]3[C@H](C4CCC(OC)CC4)CCN3C(=O)[C@H]3CC[C@H]([C@H](N)CF)CC3)ccc2o1. The lowest BCUT2D eigenvalue weighted by molar-refractivity contribution is -0.142. The molecule has 3 atom stereocenters. The standard InChI is InChI=1S/C34H48FN3O6/c1-3-4-17-43-34(41)30-19-24-18-25(11-14-29(24)44-30)37-32(39)31-27(21-9-12-26(42-2)13-10-21)15-16-38(31)33(40)23-7-5-22(6-8-23)28(36)20-35/h11,14,18-19,21-23,26-28,31H,3-10,12-13,15-17,20,36H2,1-2H3,(H,37,39)/t21?,22-,23-,26?,27-,28+,31-/m0/s1. The van der Waals surface area contributed by atoms with Gasteiger partial charge in [0.15, 0.2) is 0 Å². The maximum Gasteiger partial charge on any atom is 0.374 e. The number of hydrogen-bond donors (Lipinski definition) is 2. The molecule has 1 aromatic heterocycles. The van der Waals surface area contributed by atoms with E-state index in [-0.39, 0.29) is 41.4 Å². The molecule has 242 valence electrons. The fourth-order valence-electron chi connectivity index (χ4n) is 7.62. The zero-order chi connectivity index (χ0) is 31.2. The van der Waals surface area contributed by atoms with Gasteiger partial charge in [0.05, 0.1) is 12.7 Å². The Kier molecular flexibility index (Phi) is 11.0. The van der Waals surface area contributed by atoms with Gasteiger partial charge in [-0.25, -0.2) is 9.18 Å². The highest BCUT2D eigenvalue weighted by molar-refractivity contribution is 6.00. The molecule has 2 amide bonds. The van der Waals surface area contributed by atoms with Gasteiger partial charge in [-0.05, 0) is 106 Å². The molecule has 1 aromatic carbocycles. The van der Waals surface area contributed by atoms with E-state index in [1.807, 2.05) is 11.8 Å². The van der Waals surface area contributed by atoms with Crippen LogP contribution in [0.3, 0.4) is 0 Å². The molecule has 2 heterocycles. The molecular formula is C34H48FN3O6. The number of fused-ring (bicyclic) bond motifs is 1. The van der Waals surface area contributed by atoms with Crippen LogP contribution in [0.15, 0.2) is 28.7 Å². The fourth-order valence-corrected chi connectivity index (χ4v) is 7.62. The van der Waals surface area contributed by atoms with Gasteiger partial charge in [-0.1, -0.05) is 13.3 Å². The van der Waals surface area contributed by atoms with E-state index in [0.29, 0.717) is 48.6 Å². The van der Waals surface area contributed by atoms with Crippen molar-refractivity contribution in [3.63, 3.8) is 0 Å². The van der Waals surface area contributed by atoms with Crippen molar-refractivity contribution in [3.05, 3.63) is 30.0 Å². The molecule has 0 bridgehead atoms. The Morgan fingerprint density at radius 1 is 1.07 bits per heavy atom. The van der Waals surface area contributed by atoms with E-state index in [9.17, 15) is 18.8 Å². The van der Waals surface area contributed by atoms with E-state index >= 15 is 0 Å². The van der Waals surface area contributed by atoms with Gasteiger partial charge in [0.25, 0.3) is 0 Å². The smallest absolute Gasteiger partial charge is 0.374 e. The van der Waals surface area contributed by atoms with Gasteiger partial charge in [0.1, 0.15) is 18.3 Å². The van der Waals surface area contributed by atoms with Crippen molar-refractivity contribution in [2.24, 2.45) is 29.4 Å². The van der Waals surface area contributed by atoms with E-state index in [4.69, 9.17) is 19.6 Å². The number of alkyl halides is 1. The number of nitrogens with zero attached hydrogens (tertiary/aromatic N) is 1. The molecule has 2 aliphatic carbocycles. The predicted molar refractivity (Wildman–Crippen MR) is 166 cm³/mol. The van der Waals surface area contributed by atoms with Gasteiger partial charge >= 0.3 is 5.97 Å². The number of benzene rings is 1. The molecule has 0 spiro atoms. The number of rotatable bonds is 11. The molecule has 2 aromatic rings. The van der Waals surface area contributed by atoms with Gasteiger partial charge in [-0.2, -0.15) is 0 Å². The van der Waals surface area contributed by atoms with Crippen molar-refractivity contribution in [2.45, 2.75) is 95.7 Å². The van der Waals surface area contributed by atoms with Gasteiger partial charge in [-0.15, -0.1) is 0 Å². The van der Waals surface area contributed by atoms with Crippen LogP contribution >= 0.6 is 0 Å². The Bertz CT molecular complexity index is 1280. The minimum absolute atomic E-state index is 0.0296. The summed E-state index contributed by atoms with van der Waals surface area (Å²) >= 11 is 0. The summed E-state index contributed by atoms with van der Waals surface area (Å²) in [6, 6.07) is 5.86. The number of anilines is 1. The van der Waals surface area contributed by atoms with Crippen LogP contribution in [0.1, 0.15) is 88.1 Å². The number of amides is 2. The summed E-state index contributed by atoms with van der Waals surface area (Å²) in [6.45, 7) is 2.38. The van der Waals surface area contributed by atoms with Crippen LogP contribution in [0.25, 0.3) is 11.0 Å². The largest absolute Gasteiger partial charge is 0.460 e. The predicted octanol–water partition coefficient (Wildman–Crippen LogP) is 5.85. The third kappa shape index (κ3) is 7.28. The third-order valence-electron chi connectivity index (χ3n) is 10.3. The van der Waals surface area contributed by atoms with Crippen LogP contribution < -0.4 is 11.1 Å². The molecule has 1 saturated heterocycles. The normalized spacial score (nSPS) is 28.1. The first-order valence-corrected chi connectivity index (χ1v) is 16.5. The Hall–Kier alpha value is -2.98. The Morgan fingerprint density at radius 3 is 2.50 bits per heavy atom. The highest BCUT2D eigenvalue weighted by Crippen LogP contribution is 2.42. The van der Waals surface area contributed by atoms with Gasteiger partial charge < -0.3 is 29.8 Å². The number of nitrogens with two attached hydrogens (primary N) is 1.